The summed E-state index contributed by atoms with van der Waals surface area (Å²) in [4.78, 5) is 11.3. The van der Waals surface area contributed by atoms with Crippen LogP contribution in [0.2, 0.25) is 0 Å². The predicted molar refractivity (Wildman–Crippen MR) is 50.5 cm³/mol. The van der Waals surface area contributed by atoms with E-state index in [1.807, 2.05) is 6.92 Å². The standard InChI is InChI=1S/C8H14N4O/c1-5-4-7(12-11-5)10-8(13)6(2)9-3/h4,6,9H,1-3H3,(H2,10,11,12,13). The molecule has 0 aromatic carbocycles. The van der Waals surface area contributed by atoms with E-state index in [9.17, 15) is 4.79 Å². The predicted octanol–water partition coefficient (Wildman–Crippen LogP) is 0.265. The van der Waals surface area contributed by atoms with Crippen LogP contribution >= 0.6 is 0 Å². The van der Waals surface area contributed by atoms with E-state index in [0.29, 0.717) is 5.82 Å². The Kier molecular flexibility index (Phi) is 3.02. The molecule has 5 nitrogen and oxygen atoms in total. The summed E-state index contributed by atoms with van der Waals surface area (Å²) in [7, 11) is 1.74. The van der Waals surface area contributed by atoms with Gasteiger partial charge in [-0.3, -0.25) is 9.89 Å². The molecule has 0 saturated heterocycles. The first-order valence-corrected chi connectivity index (χ1v) is 4.13. The van der Waals surface area contributed by atoms with Gasteiger partial charge in [0.25, 0.3) is 0 Å². The molecule has 1 aromatic rings. The zero-order valence-corrected chi connectivity index (χ0v) is 8.01. The van der Waals surface area contributed by atoms with Gasteiger partial charge < -0.3 is 10.6 Å². The van der Waals surface area contributed by atoms with E-state index in [2.05, 4.69) is 20.8 Å². The molecule has 1 unspecified atom stereocenters. The molecule has 0 spiro atoms. The van der Waals surface area contributed by atoms with E-state index in [1.54, 1.807) is 20.0 Å². The smallest absolute Gasteiger partial charge is 0.242 e. The molecule has 1 heterocycles. The molecule has 1 atom stereocenters. The number of aromatic amines is 1. The van der Waals surface area contributed by atoms with Gasteiger partial charge in [0.05, 0.1) is 6.04 Å². The molecule has 0 saturated carbocycles. The van der Waals surface area contributed by atoms with Crippen molar-refractivity contribution in [1.82, 2.24) is 15.5 Å². The second-order valence-electron chi connectivity index (χ2n) is 2.94. The van der Waals surface area contributed by atoms with Crippen molar-refractivity contribution in [2.75, 3.05) is 12.4 Å². The number of nitrogens with zero attached hydrogens (tertiary/aromatic N) is 1. The second kappa shape index (κ2) is 4.04. The van der Waals surface area contributed by atoms with E-state index in [4.69, 9.17) is 0 Å². The minimum atomic E-state index is -0.211. The summed E-state index contributed by atoms with van der Waals surface area (Å²) in [6.45, 7) is 3.67. The summed E-state index contributed by atoms with van der Waals surface area (Å²) in [6.07, 6.45) is 0. The topological polar surface area (TPSA) is 69.8 Å². The van der Waals surface area contributed by atoms with Crippen molar-refractivity contribution < 1.29 is 4.79 Å². The van der Waals surface area contributed by atoms with Crippen LogP contribution in [0.5, 0.6) is 0 Å². The van der Waals surface area contributed by atoms with Crippen LogP contribution in [0.15, 0.2) is 6.07 Å². The molecule has 0 bridgehead atoms. The first-order chi connectivity index (χ1) is 6.13. The molecule has 13 heavy (non-hydrogen) atoms. The first-order valence-electron chi connectivity index (χ1n) is 4.13. The number of aromatic nitrogens is 2. The third kappa shape index (κ3) is 2.55. The van der Waals surface area contributed by atoms with E-state index < -0.39 is 0 Å². The molecule has 72 valence electrons. The number of likely N-dealkylation sites (N-methyl/N-ethyl adjacent to an activating group) is 1. The maximum absolute atomic E-state index is 11.3. The Balaban J connectivity index is 2.54. The lowest BCUT2D eigenvalue weighted by Crippen LogP contribution is -2.35. The van der Waals surface area contributed by atoms with Gasteiger partial charge in [-0.05, 0) is 20.9 Å². The minimum absolute atomic E-state index is 0.0889. The number of rotatable bonds is 3. The van der Waals surface area contributed by atoms with Gasteiger partial charge in [0, 0.05) is 11.8 Å². The molecule has 5 heteroatoms. The van der Waals surface area contributed by atoms with E-state index in [0.717, 1.165) is 5.69 Å². The maximum Gasteiger partial charge on any atom is 0.242 e. The van der Waals surface area contributed by atoms with Gasteiger partial charge in [0.2, 0.25) is 5.91 Å². The van der Waals surface area contributed by atoms with Gasteiger partial charge in [0.1, 0.15) is 0 Å². The SMILES string of the molecule is CNC(C)C(=O)Nc1cc(C)[nH]n1. The fourth-order valence-electron chi connectivity index (χ4n) is 0.848. The third-order valence-corrected chi connectivity index (χ3v) is 1.78. The number of aryl methyl sites for hydroxylation is 1. The van der Waals surface area contributed by atoms with Crippen LogP contribution < -0.4 is 10.6 Å². The van der Waals surface area contributed by atoms with Gasteiger partial charge in [-0.2, -0.15) is 5.10 Å². The number of hydrogen-bond donors (Lipinski definition) is 3. The van der Waals surface area contributed by atoms with Crippen molar-refractivity contribution in [3.63, 3.8) is 0 Å². The molecule has 0 aliphatic carbocycles. The summed E-state index contributed by atoms with van der Waals surface area (Å²) in [5.41, 5.74) is 0.924. The summed E-state index contributed by atoms with van der Waals surface area (Å²) >= 11 is 0. The molecule has 1 aromatic heterocycles. The minimum Gasteiger partial charge on any atom is -0.309 e. The van der Waals surface area contributed by atoms with Crippen molar-refractivity contribution in [3.8, 4) is 0 Å². The lowest BCUT2D eigenvalue weighted by atomic mass is 10.3. The van der Waals surface area contributed by atoms with Gasteiger partial charge in [-0.1, -0.05) is 0 Å². The molecule has 0 aliphatic rings. The Morgan fingerprint density at radius 3 is 2.85 bits per heavy atom. The van der Waals surface area contributed by atoms with Crippen molar-refractivity contribution in [2.45, 2.75) is 19.9 Å². The summed E-state index contributed by atoms with van der Waals surface area (Å²) in [5, 5.41) is 12.1. The first kappa shape index (κ1) is 9.73. The quantitative estimate of drug-likeness (QED) is 0.628. The fraction of sp³-hybridized carbons (Fsp3) is 0.500. The second-order valence-corrected chi connectivity index (χ2v) is 2.94. The molecule has 1 rings (SSSR count). The molecule has 0 radical (unpaired) electrons. The summed E-state index contributed by atoms with van der Waals surface area (Å²) in [6, 6.07) is 1.57. The number of H-pyrrole nitrogens is 1. The fourth-order valence-corrected chi connectivity index (χ4v) is 0.848. The van der Waals surface area contributed by atoms with Crippen LogP contribution in [0.1, 0.15) is 12.6 Å². The molecule has 0 fully saturated rings. The average Bonchev–Trinajstić information content (AvgIpc) is 2.49. The van der Waals surface area contributed by atoms with Crippen LogP contribution in [0.4, 0.5) is 5.82 Å². The van der Waals surface area contributed by atoms with Crippen molar-refractivity contribution in [2.24, 2.45) is 0 Å². The van der Waals surface area contributed by atoms with Crippen molar-refractivity contribution in [3.05, 3.63) is 11.8 Å². The van der Waals surface area contributed by atoms with E-state index in [1.165, 1.54) is 0 Å². The van der Waals surface area contributed by atoms with Crippen LogP contribution in [0.3, 0.4) is 0 Å². The van der Waals surface area contributed by atoms with Crippen molar-refractivity contribution >= 4 is 11.7 Å². The normalized spacial score (nSPS) is 12.5. The van der Waals surface area contributed by atoms with Gasteiger partial charge >= 0.3 is 0 Å². The van der Waals surface area contributed by atoms with Gasteiger partial charge in [-0.15, -0.1) is 0 Å². The molecular weight excluding hydrogens is 168 g/mol. The zero-order valence-electron chi connectivity index (χ0n) is 8.01. The maximum atomic E-state index is 11.3. The number of carbonyl (C=O) groups is 1. The Hall–Kier alpha value is -1.36. The highest BCUT2D eigenvalue weighted by molar-refractivity contribution is 5.93. The molecule has 1 amide bonds. The summed E-state index contributed by atoms with van der Waals surface area (Å²) in [5.74, 6) is 0.471. The largest absolute Gasteiger partial charge is 0.309 e. The number of nitrogens with one attached hydrogen (secondary N) is 3. The van der Waals surface area contributed by atoms with E-state index in [-0.39, 0.29) is 11.9 Å². The Labute approximate surface area is 76.9 Å². The molecule has 0 aliphatic heterocycles. The Morgan fingerprint density at radius 1 is 1.69 bits per heavy atom. The monoisotopic (exact) mass is 182 g/mol. The lowest BCUT2D eigenvalue weighted by molar-refractivity contribution is -0.117. The average molecular weight is 182 g/mol. The van der Waals surface area contributed by atoms with Gasteiger partial charge in [0.15, 0.2) is 5.82 Å². The Bertz CT molecular complexity index is 294. The Morgan fingerprint density at radius 2 is 2.38 bits per heavy atom. The van der Waals surface area contributed by atoms with Gasteiger partial charge in [-0.25, -0.2) is 0 Å². The number of carbonyl (C=O) groups excluding carboxylic acids is 1. The van der Waals surface area contributed by atoms with Crippen LogP contribution in [0.25, 0.3) is 0 Å². The summed E-state index contributed by atoms with van der Waals surface area (Å²) < 4.78 is 0. The molecular formula is C8H14N4O. The van der Waals surface area contributed by atoms with Crippen molar-refractivity contribution in [1.29, 1.82) is 0 Å². The zero-order chi connectivity index (χ0) is 9.84. The van der Waals surface area contributed by atoms with Crippen LogP contribution in [-0.4, -0.2) is 29.2 Å². The lowest BCUT2D eigenvalue weighted by Gasteiger charge is -2.08. The molecule has 3 N–H and O–H groups in total. The number of anilines is 1. The number of hydrogen-bond acceptors (Lipinski definition) is 3. The highest BCUT2D eigenvalue weighted by Gasteiger charge is 2.10. The van der Waals surface area contributed by atoms with Crippen LogP contribution in [0, 0.1) is 6.92 Å². The number of amides is 1. The highest BCUT2D eigenvalue weighted by Crippen LogP contribution is 2.03. The van der Waals surface area contributed by atoms with E-state index >= 15 is 0 Å². The highest BCUT2D eigenvalue weighted by atomic mass is 16.2. The van der Waals surface area contributed by atoms with Crippen LogP contribution in [-0.2, 0) is 4.79 Å². The third-order valence-electron chi connectivity index (χ3n) is 1.78.